The van der Waals surface area contributed by atoms with E-state index in [1.807, 2.05) is 13.8 Å². The zero-order valence-corrected chi connectivity index (χ0v) is 19.7. The Morgan fingerprint density at radius 2 is 1.71 bits per heavy atom. The van der Waals surface area contributed by atoms with Gasteiger partial charge in [-0.3, -0.25) is 14.4 Å². The van der Waals surface area contributed by atoms with Crippen molar-refractivity contribution in [1.82, 2.24) is 14.8 Å². The fourth-order valence-corrected chi connectivity index (χ4v) is 3.18. The Morgan fingerprint density at radius 1 is 1.14 bits per heavy atom. The highest BCUT2D eigenvalue weighted by atomic mass is 19.1. The number of methoxy groups -OCH3 is 1. The zero-order chi connectivity index (χ0) is 26.7. The first-order valence-electron chi connectivity index (χ1n) is 10.7. The van der Waals surface area contributed by atoms with Crippen molar-refractivity contribution in [2.24, 2.45) is 0 Å². The summed E-state index contributed by atoms with van der Waals surface area (Å²) in [6, 6.07) is 0.940. The molecular weight excluding hydrogens is 467 g/mol. The van der Waals surface area contributed by atoms with E-state index in [4.69, 9.17) is 0 Å². The molecule has 190 valence electrons. The van der Waals surface area contributed by atoms with Gasteiger partial charge in [0.05, 0.1) is 0 Å². The van der Waals surface area contributed by atoms with Gasteiger partial charge in [0.2, 0.25) is 5.43 Å². The molecule has 11 heteroatoms. The van der Waals surface area contributed by atoms with Crippen LogP contribution in [-0.4, -0.2) is 53.2 Å². The highest BCUT2D eigenvalue weighted by Crippen LogP contribution is 2.21. The monoisotopic (exact) mass is 495 g/mol. The minimum absolute atomic E-state index is 0.207. The Bertz CT molecular complexity index is 1110. The number of benzene rings is 1. The van der Waals surface area contributed by atoms with Crippen molar-refractivity contribution in [3.63, 3.8) is 0 Å². The molecule has 0 fully saturated rings. The van der Waals surface area contributed by atoms with Gasteiger partial charge >= 0.3 is 0 Å². The second-order valence-corrected chi connectivity index (χ2v) is 7.16. The summed E-state index contributed by atoms with van der Waals surface area (Å²) in [5.74, 6) is -5.84. The van der Waals surface area contributed by atoms with Crippen LogP contribution < -0.4 is 10.7 Å². The predicted molar refractivity (Wildman–Crippen MR) is 123 cm³/mol. The fraction of sp³-hybridized carbons (Fsp3) is 0.375. The molecule has 3 rings (SSSR count). The van der Waals surface area contributed by atoms with Crippen LogP contribution in [0, 0.1) is 30.3 Å². The molecule has 2 aromatic rings. The van der Waals surface area contributed by atoms with E-state index in [-0.39, 0.29) is 12.2 Å². The molecule has 1 aliphatic rings. The van der Waals surface area contributed by atoms with Crippen LogP contribution in [0.5, 0.6) is 5.75 Å². The number of fused-ring (bicyclic) bond motifs is 1. The van der Waals surface area contributed by atoms with E-state index in [1.165, 1.54) is 9.47 Å². The van der Waals surface area contributed by atoms with Gasteiger partial charge in [0.1, 0.15) is 23.0 Å². The van der Waals surface area contributed by atoms with Crippen LogP contribution in [0.1, 0.15) is 46.7 Å². The summed E-state index contributed by atoms with van der Waals surface area (Å²) >= 11 is 0. The van der Waals surface area contributed by atoms with Gasteiger partial charge in [-0.25, -0.2) is 13.2 Å². The first-order valence-corrected chi connectivity index (χ1v) is 10.7. The van der Waals surface area contributed by atoms with Gasteiger partial charge in [-0.05, 0) is 13.3 Å². The Morgan fingerprint density at radius 3 is 2.23 bits per heavy atom. The fourth-order valence-electron chi connectivity index (χ4n) is 3.18. The van der Waals surface area contributed by atoms with Gasteiger partial charge in [-0.1, -0.05) is 6.92 Å². The number of pyridine rings is 1. The number of carbonyl (C=O) groups is 2. The third-order valence-electron chi connectivity index (χ3n) is 4.92. The van der Waals surface area contributed by atoms with E-state index in [1.54, 1.807) is 7.11 Å². The smallest absolute Gasteiger partial charge is 0.274 e. The number of aromatic nitrogens is 1. The van der Waals surface area contributed by atoms with Gasteiger partial charge in [0, 0.05) is 63.8 Å². The first-order chi connectivity index (χ1) is 16.7. The molecule has 35 heavy (non-hydrogen) atoms. The van der Waals surface area contributed by atoms with Gasteiger partial charge in [-0.15, -0.1) is 12.8 Å². The standard InChI is InChI=1S/C19H18F3N3O4.C3H8O.C2H2/c1-2-3-24-4-5-25-9-12(16(26)17(27)15(25)19(24)29)18(28)23-8-11-13(21)6-10(20)7-14(11)22;1-3-4-2;1-2/h6-7,9,27H,2-5,8H2,1H3,(H,23,28);3H2,1-2H3;1-2H. The molecule has 0 aliphatic carbocycles. The third-order valence-corrected chi connectivity index (χ3v) is 4.92. The first kappa shape index (κ1) is 29.3. The second-order valence-electron chi connectivity index (χ2n) is 7.16. The maximum Gasteiger partial charge on any atom is 0.274 e. The van der Waals surface area contributed by atoms with Crippen molar-refractivity contribution in [1.29, 1.82) is 0 Å². The number of nitrogens with one attached hydrogen (secondary N) is 1. The van der Waals surface area contributed by atoms with Crippen LogP contribution in [0.15, 0.2) is 23.1 Å². The summed E-state index contributed by atoms with van der Waals surface area (Å²) < 4.78 is 46.2. The Hall–Kier alpha value is -3.78. The van der Waals surface area contributed by atoms with E-state index in [2.05, 4.69) is 22.9 Å². The van der Waals surface area contributed by atoms with Crippen molar-refractivity contribution < 1.29 is 32.6 Å². The van der Waals surface area contributed by atoms with E-state index < -0.39 is 58.1 Å². The lowest BCUT2D eigenvalue weighted by Gasteiger charge is -2.30. The van der Waals surface area contributed by atoms with Crippen molar-refractivity contribution in [2.75, 3.05) is 26.8 Å². The number of hydrogen-bond donors (Lipinski definition) is 2. The summed E-state index contributed by atoms with van der Waals surface area (Å²) in [5, 5.41) is 12.4. The average Bonchev–Trinajstić information content (AvgIpc) is 2.83. The van der Waals surface area contributed by atoms with E-state index in [0.29, 0.717) is 31.6 Å². The molecule has 0 unspecified atom stereocenters. The Labute approximate surface area is 201 Å². The maximum atomic E-state index is 13.7. The predicted octanol–water partition coefficient (Wildman–Crippen LogP) is 2.67. The molecular formula is C24H28F3N3O5. The number of rotatable bonds is 6. The van der Waals surface area contributed by atoms with Gasteiger partial charge in [0.25, 0.3) is 11.8 Å². The molecule has 0 bridgehead atoms. The number of hydrogen-bond acceptors (Lipinski definition) is 5. The number of ether oxygens (including phenoxy) is 1. The largest absolute Gasteiger partial charge is 0.503 e. The molecule has 2 N–H and O–H groups in total. The summed E-state index contributed by atoms with van der Waals surface area (Å²) in [6.45, 7) is 5.09. The lowest BCUT2D eigenvalue weighted by molar-refractivity contribution is 0.0695. The van der Waals surface area contributed by atoms with Gasteiger partial charge in [-0.2, -0.15) is 0 Å². The van der Waals surface area contributed by atoms with Crippen LogP contribution >= 0.6 is 0 Å². The van der Waals surface area contributed by atoms with Crippen molar-refractivity contribution >= 4 is 11.8 Å². The van der Waals surface area contributed by atoms with Gasteiger partial charge < -0.3 is 24.6 Å². The lowest BCUT2D eigenvalue weighted by atomic mass is 10.1. The van der Waals surface area contributed by atoms with Gasteiger partial charge in [0.15, 0.2) is 11.4 Å². The second kappa shape index (κ2) is 13.8. The number of nitrogens with zero attached hydrogens (tertiary/aromatic N) is 2. The molecule has 1 aromatic heterocycles. The van der Waals surface area contributed by atoms with E-state index >= 15 is 0 Å². The number of amides is 2. The SMILES string of the molecule is C#C.CCCN1CCn2cc(C(=O)NCc3c(F)cc(F)cc3F)c(=O)c(O)c2C1=O.CCOC. The Kier molecular flexibility index (Phi) is 11.5. The number of terminal acetylenes is 1. The van der Waals surface area contributed by atoms with Crippen LogP contribution in [0.4, 0.5) is 13.2 Å². The maximum absolute atomic E-state index is 13.7. The molecule has 0 spiro atoms. The summed E-state index contributed by atoms with van der Waals surface area (Å²) in [6.07, 6.45) is 9.83. The van der Waals surface area contributed by atoms with Crippen molar-refractivity contribution in [2.45, 2.75) is 33.4 Å². The molecule has 1 aliphatic heterocycles. The molecule has 0 atom stereocenters. The highest BCUT2D eigenvalue weighted by Gasteiger charge is 2.30. The topological polar surface area (TPSA) is 101 Å². The van der Waals surface area contributed by atoms with Crippen molar-refractivity contribution in [3.05, 3.63) is 62.8 Å². The summed E-state index contributed by atoms with van der Waals surface area (Å²) in [5.41, 5.74) is -2.33. The summed E-state index contributed by atoms with van der Waals surface area (Å²) in [4.78, 5) is 38.7. The normalized spacial score (nSPS) is 12.0. The van der Waals surface area contributed by atoms with Crippen LogP contribution in [0.3, 0.4) is 0 Å². The molecule has 0 saturated heterocycles. The molecule has 0 saturated carbocycles. The third kappa shape index (κ3) is 7.10. The number of carbonyl (C=O) groups excluding carboxylic acids is 2. The quantitative estimate of drug-likeness (QED) is 0.601. The number of halogens is 3. The van der Waals surface area contributed by atoms with Crippen molar-refractivity contribution in [3.8, 4) is 18.6 Å². The van der Waals surface area contributed by atoms with Crippen LogP contribution in [0.2, 0.25) is 0 Å². The van der Waals surface area contributed by atoms with E-state index in [9.17, 15) is 32.7 Å². The molecule has 1 aromatic carbocycles. The Balaban J connectivity index is 0.000000926. The van der Waals surface area contributed by atoms with Crippen LogP contribution in [-0.2, 0) is 17.8 Å². The zero-order valence-electron chi connectivity index (χ0n) is 19.7. The molecule has 0 radical (unpaired) electrons. The molecule has 8 nitrogen and oxygen atoms in total. The minimum Gasteiger partial charge on any atom is -0.503 e. The average molecular weight is 495 g/mol. The lowest BCUT2D eigenvalue weighted by Crippen LogP contribution is -2.43. The molecule has 2 amide bonds. The molecule has 2 heterocycles. The highest BCUT2D eigenvalue weighted by molar-refractivity contribution is 5.99. The van der Waals surface area contributed by atoms with Crippen LogP contribution in [0.25, 0.3) is 0 Å². The van der Waals surface area contributed by atoms with E-state index in [0.717, 1.165) is 12.8 Å². The minimum atomic E-state index is -1.19. The summed E-state index contributed by atoms with van der Waals surface area (Å²) in [7, 11) is 1.68. The number of aromatic hydroxyl groups is 1.